The lowest BCUT2D eigenvalue weighted by molar-refractivity contribution is 0.415. The molecule has 0 atom stereocenters. The highest BCUT2D eigenvalue weighted by Crippen LogP contribution is 2.27. The molecule has 3 aromatic carbocycles. The SMILES string of the molecule is COc1ccc(NC(N)=NCc2ccccc2-c2ccc(Cn3ccnc3)cc2)cc1Cl.I. The third kappa shape index (κ3) is 6.49. The number of ether oxygens (including phenoxy) is 1. The molecule has 3 N–H and O–H groups in total. The molecule has 6 nitrogen and oxygen atoms in total. The van der Waals surface area contributed by atoms with Gasteiger partial charge in [0.05, 0.1) is 25.0 Å². The topological polar surface area (TPSA) is 77.5 Å². The number of anilines is 1. The van der Waals surface area contributed by atoms with Gasteiger partial charge in [-0.3, -0.25) is 0 Å². The molecule has 0 aliphatic heterocycles. The summed E-state index contributed by atoms with van der Waals surface area (Å²) in [5.41, 5.74) is 11.4. The number of hydrogen-bond acceptors (Lipinski definition) is 3. The van der Waals surface area contributed by atoms with Gasteiger partial charge >= 0.3 is 0 Å². The Labute approximate surface area is 215 Å². The Balaban J connectivity index is 0.00000306. The van der Waals surface area contributed by atoms with Gasteiger partial charge in [0.25, 0.3) is 0 Å². The van der Waals surface area contributed by atoms with Crippen LogP contribution in [0.4, 0.5) is 5.69 Å². The first-order valence-corrected chi connectivity index (χ1v) is 10.5. The number of rotatable bonds is 7. The number of guanidine groups is 1. The summed E-state index contributed by atoms with van der Waals surface area (Å²) in [6.07, 6.45) is 5.56. The fraction of sp³-hybridized carbons (Fsp3) is 0.120. The molecule has 0 radical (unpaired) electrons. The van der Waals surface area contributed by atoms with Gasteiger partial charge in [-0.1, -0.05) is 60.1 Å². The molecule has 0 saturated carbocycles. The van der Waals surface area contributed by atoms with Gasteiger partial charge < -0.3 is 20.4 Å². The number of halogens is 2. The minimum Gasteiger partial charge on any atom is -0.495 e. The number of hydrogen-bond donors (Lipinski definition) is 2. The van der Waals surface area contributed by atoms with Gasteiger partial charge in [0, 0.05) is 24.6 Å². The molecule has 0 aliphatic rings. The Bertz CT molecular complexity index is 1210. The van der Waals surface area contributed by atoms with Crippen molar-refractivity contribution in [2.75, 3.05) is 12.4 Å². The van der Waals surface area contributed by atoms with Crippen LogP contribution in [0, 0.1) is 0 Å². The summed E-state index contributed by atoms with van der Waals surface area (Å²) in [6.45, 7) is 1.25. The van der Waals surface area contributed by atoms with Crippen LogP contribution in [0.3, 0.4) is 0 Å². The highest BCUT2D eigenvalue weighted by atomic mass is 127. The molecule has 0 unspecified atom stereocenters. The molecule has 170 valence electrons. The first-order valence-electron chi connectivity index (χ1n) is 10.2. The summed E-state index contributed by atoms with van der Waals surface area (Å²) < 4.78 is 7.22. The van der Waals surface area contributed by atoms with E-state index in [9.17, 15) is 0 Å². The second-order valence-electron chi connectivity index (χ2n) is 7.26. The summed E-state index contributed by atoms with van der Waals surface area (Å²) in [7, 11) is 1.58. The molecule has 0 aliphatic carbocycles. The van der Waals surface area contributed by atoms with E-state index in [0.29, 0.717) is 23.3 Å². The van der Waals surface area contributed by atoms with Crippen molar-refractivity contribution in [2.24, 2.45) is 10.7 Å². The number of benzene rings is 3. The van der Waals surface area contributed by atoms with Crippen LogP contribution in [0.25, 0.3) is 11.1 Å². The van der Waals surface area contributed by atoms with Crippen LogP contribution in [-0.2, 0) is 13.1 Å². The maximum absolute atomic E-state index is 6.17. The Kier molecular flexibility index (Phi) is 8.73. The van der Waals surface area contributed by atoms with E-state index in [1.807, 2.05) is 35.3 Å². The Morgan fingerprint density at radius 3 is 2.61 bits per heavy atom. The van der Waals surface area contributed by atoms with E-state index in [0.717, 1.165) is 28.9 Å². The van der Waals surface area contributed by atoms with E-state index < -0.39 is 0 Å². The molecule has 33 heavy (non-hydrogen) atoms. The van der Waals surface area contributed by atoms with Gasteiger partial charge in [-0.15, -0.1) is 24.0 Å². The third-order valence-corrected chi connectivity index (χ3v) is 5.35. The minimum atomic E-state index is 0. The predicted octanol–water partition coefficient (Wildman–Crippen LogP) is 5.81. The number of aliphatic imine (C=N–C) groups is 1. The number of nitrogens with zero attached hydrogens (tertiary/aromatic N) is 3. The van der Waals surface area contributed by atoms with Crippen molar-refractivity contribution in [3.8, 4) is 16.9 Å². The quantitative estimate of drug-likeness (QED) is 0.166. The Hall–Kier alpha value is -3.04. The van der Waals surface area contributed by atoms with Crippen molar-refractivity contribution in [3.05, 3.63) is 102 Å². The van der Waals surface area contributed by atoms with Gasteiger partial charge in [0.1, 0.15) is 5.75 Å². The molecule has 4 rings (SSSR count). The molecular weight excluding hydrogens is 549 g/mol. The summed E-state index contributed by atoms with van der Waals surface area (Å²) in [4.78, 5) is 8.61. The van der Waals surface area contributed by atoms with Gasteiger partial charge in [0.15, 0.2) is 5.96 Å². The zero-order valence-corrected chi connectivity index (χ0v) is 21.2. The minimum absolute atomic E-state index is 0. The second-order valence-corrected chi connectivity index (χ2v) is 7.67. The summed E-state index contributed by atoms with van der Waals surface area (Å²) >= 11 is 6.17. The van der Waals surface area contributed by atoms with Crippen LogP contribution >= 0.6 is 35.6 Å². The lowest BCUT2D eigenvalue weighted by Crippen LogP contribution is -2.22. The molecule has 0 bridgehead atoms. The molecule has 4 aromatic rings. The third-order valence-electron chi connectivity index (χ3n) is 5.05. The Morgan fingerprint density at radius 1 is 1.12 bits per heavy atom. The fourth-order valence-electron chi connectivity index (χ4n) is 3.42. The normalized spacial score (nSPS) is 11.0. The van der Waals surface area contributed by atoms with E-state index in [4.69, 9.17) is 22.1 Å². The fourth-order valence-corrected chi connectivity index (χ4v) is 3.68. The van der Waals surface area contributed by atoms with Crippen molar-refractivity contribution in [2.45, 2.75) is 13.1 Å². The lowest BCUT2D eigenvalue weighted by Gasteiger charge is -2.11. The summed E-state index contributed by atoms with van der Waals surface area (Å²) in [5.74, 6) is 0.925. The number of nitrogens with one attached hydrogen (secondary N) is 1. The highest BCUT2D eigenvalue weighted by Gasteiger charge is 2.06. The molecule has 8 heteroatoms. The van der Waals surface area contributed by atoms with E-state index >= 15 is 0 Å². The van der Waals surface area contributed by atoms with Crippen molar-refractivity contribution in [3.63, 3.8) is 0 Å². The monoisotopic (exact) mass is 573 g/mol. The van der Waals surface area contributed by atoms with Crippen LogP contribution < -0.4 is 15.8 Å². The van der Waals surface area contributed by atoms with Crippen molar-refractivity contribution < 1.29 is 4.74 Å². The summed E-state index contributed by atoms with van der Waals surface area (Å²) in [5, 5.41) is 3.58. The first-order chi connectivity index (χ1) is 15.6. The molecule has 1 heterocycles. The standard InChI is InChI=1S/C25H24ClN5O.HI/c1-32-24-11-10-21(14-23(24)26)30-25(27)29-15-20-4-2-3-5-22(20)19-8-6-18(7-9-19)16-31-13-12-28-17-31;/h2-14,17H,15-16H2,1H3,(H3,27,29,30);1H. The van der Waals surface area contributed by atoms with E-state index in [1.165, 1.54) is 5.56 Å². The molecule has 0 amide bonds. The van der Waals surface area contributed by atoms with E-state index in [1.54, 1.807) is 25.4 Å². The van der Waals surface area contributed by atoms with Gasteiger partial charge in [0.2, 0.25) is 0 Å². The van der Waals surface area contributed by atoms with Gasteiger partial charge in [-0.2, -0.15) is 0 Å². The molecule has 0 saturated heterocycles. The summed E-state index contributed by atoms with van der Waals surface area (Å²) in [6, 6.07) is 22.1. The zero-order valence-electron chi connectivity index (χ0n) is 18.1. The zero-order chi connectivity index (χ0) is 22.3. The van der Waals surface area contributed by atoms with Crippen molar-refractivity contribution in [1.29, 1.82) is 0 Å². The maximum atomic E-state index is 6.17. The number of methoxy groups -OCH3 is 1. The second kappa shape index (κ2) is 11.7. The Morgan fingerprint density at radius 2 is 1.91 bits per heavy atom. The molecule has 0 fully saturated rings. The maximum Gasteiger partial charge on any atom is 0.193 e. The number of imidazole rings is 1. The first kappa shape index (κ1) is 24.6. The molecular formula is C25H25ClIN5O. The number of nitrogens with two attached hydrogens (primary N) is 1. The lowest BCUT2D eigenvalue weighted by atomic mass is 9.98. The van der Waals surface area contributed by atoms with Crippen LogP contribution in [0.15, 0.2) is 90.4 Å². The highest BCUT2D eigenvalue weighted by molar-refractivity contribution is 14.0. The van der Waals surface area contributed by atoms with Crippen molar-refractivity contribution >= 4 is 47.2 Å². The van der Waals surface area contributed by atoms with Crippen LogP contribution in [0.1, 0.15) is 11.1 Å². The molecule has 1 aromatic heterocycles. The van der Waals surface area contributed by atoms with Gasteiger partial charge in [-0.25, -0.2) is 9.98 Å². The number of aromatic nitrogens is 2. The smallest absolute Gasteiger partial charge is 0.193 e. The van der Waals surface area contributed by atoms with Gasteiger partial charge in [-0.05, 0) is 40.5 Å². The van der Waals surface area contributed by atoms with Crippen molar-refractivity contribution in [1.82, 2.24) is 9.55 Å². The largest absolute Gasteiger partial charge is 0.495 e. The van der Waals surface area contributed by atoms with Crippen LogP contribution in [0.2, 0.25) is 5.02 Å². The predicted molar refractivity (Wildman–Crippen MR) is 146 cm³/mol. The average molecular weight is 574 g/mol. The molecule has 0 spiro atoms. The van der Waals surface area contributed by atoms with Crippen LogP contribution in [-0.4, -0.2) is 22.6 Å². The van der Waals surface area contributed by atoms with E-state index in [2.05, 4.69) is 51.7 Å². The van der Waals surface area contributed by atoms with Crippen LogP contribution in [0.5, 0.6) is 5.75 Å². The average Bonchev–Trinajstić information content (AvgIpc) is 3.32. The van der Waals surface area contributed by atoms with E-state index in [-0.39, 0.29) is 24.0 Å².